The lowest BCUT2D eigenvalue weighted by Crippen LogP contribution is -1.81. The quantitative estimate of drug-likeness (QED) is 0.635. The molecule has 1 heterocycles. The Kier molecular flexibility index (Phi) is 1.85. The van der Waals surface area contributed by atoms with Crippen molar-refractivity contribution in [3.05, 3.63) is 11.8 Å². The van der Waals surface area contributed by atoms with Crippen LogP contribution in [0.2, 0.25) is 0 Å². The lowest BCUT2D eigenvalue weighted by molar-refractivity contribution is 0.472. The molecule has 0 aliphatic heterocycles. The minimum Gasteiger partial charge on any atom is -0.424 e. The first kappa shape index (κ1) is 6.74. The summed E-state index contributed by atoms with van der Waals surface area (Å²) in [6, 6.07) is 0. The number of alkyl halides is 1. The highest BCUT2D eigenvalue weighted by Gasteiger charge is 2.06. The minimum absolute atomic E-state index is 0.152. The Morgan fingerprint density at radius 2 is 2.22 bits per heavy atom. The summed E-state index contributed by atoms with van der Waals surface area (Å²) < 4.78 is 5.08. The van der Waals surface area contributed by atoms with Gasteiger partial charge in [-0.3, -0.25) is 0 Å². The standard InChI is InChI=1S/C5H7BrN2O/c1-3(6)5-8-7-4(2)9-5/h3H,1-2H3/t3-/m1/s1. The van der Waals surface area contributed by atoms with Crippen molar-refractivity contribution in [2.45, 2.75) is 18.7 Å². The van der Waals surface area contributed by atoms with Crippen LogP contribution in [-0.2, 0) is 0 Å². The Morgan fingerprint density at radius 1 is 1.56 bits per heavy atom. The predicted octanol–water partition coefficient (Wildman–Crippen LogP) is 1.83. The van der Waals surface area contributed by atoms with Gasteiger partial charge >= 0.3 is 0 Å². The van der Waals surface area contributed by atoms with E-state index >= 15 is 0 Å². The normalized spacial score (nSPS) is 13.7. The highest BCUT2D eigenvalue weighted by molar-refractivity contribution is 9.09. The third kappa shape index (κ3) is 1.51. The molecule has 0 amide bonds. The molecule has 0 saturated heterocycles. The number of rotatable bonds is 1. The van der Waals surface area contributed by atoms with Gasteiger partial charge in [0.15, 0.2) is 0 Å². The molecule has 50 valence electrons. The lowest BCUT2D eigenvalue weighted by atomic mass is 10.5. The van der Waals surface area contributed by atoms with Crippen molar-refractivity contribution in [1.29, 1.82) is 0 Å². The Morgan fingerprint density at radius 3 is 2.44 bits per heavy atom. The van der Waals surface area contributed by atoms with Gasteiger partial charge in [0.1, 0.15) is 0 Å². The molecule has 0 fully saturated rings. The molecule has 1 rings (SSSR count). The molecule has 0 radical (unpaired) electrons. The maximum absolute atomic E-state index is 5.08. The highest BCUT2D eigenvalue weighted by Crippen LogP contribution is 2.18. The summed E-state index contributed by atoms with van der Waals surface area (Å²) in [5.74, 6) is 1.24. The van der Waals surface area contributed by atoms with E-state index in [1.54, 1.807) is 6.92 Å². The average Bonchev–Trinajstić information content (AvgIpc) is 2.14. The zero-order chi connectivity index (χ0) is 6.85. The Balaban J connectivity index is 2.85. The van der Waals surface area contributed by atoms with Gasteiger partial charge in [0.25, 0.3) is 0 Å². The fourth-order valence-corrected chi connectivity index (χ4v) is 0.658. The Bertz CT molecular complexity index is 197. The van der Waals surface area contributed by atoms with Gasteiger partial charge < -0.3 is 4.42 Å². The van der Waals surface area contributed by atoms with Gasteiger partial charge in [-0.15, -0.1) is 10.2 Å². The van der Waals surface area contributed by atoms with Crippen molar-refractivity contribution < 1.29 is 4.42 Å². The molecule has 0 aromatic carbocycles. The summed E-state index contributed by atoms with van der Waals surface area (Å²) >= 11 is 3.30. The molecule has 0 N–H and O–H groups in total. The second kappa shape index (κ2) is 2.47. The van der Waals surface area contributed by atoms with E-state index in [2.05, 4.69) is 26.1 Å². The smallest absolute Gasteiger partial charge is 0.229 e. The monoisotopic (exact) mass is 190 g/mol. The second-order valence-corrected chi connectivity index (χ2v) is 3.15. The van der Waals surface area contributed by atoms with E-state index in [0.717, 1.165) is 0 Å². The van der Waals surface area contributed by atoms with Crippen molar-refractivity contribution in [1.82, 2.24) is 10.2 Å². The van der Waals surface area contributed by atoms with Crippen molar-refractivity contribution in [3.63, 3.8) is 0 Å². The number of halogens is 1. The summed E-state index contributed by atoms with van der Waals surface area (Å²) in [5.41, 5.74) is 0. The summed E-state index contributed by atoms with van der Waals surface area (Å²) in [4.78, 5) is 0.152. The molecule has 1 aromatic rings. The molecular formula is C5H7BrN2O. The fourth-order valence-electron chi connectivity index (χ4n) is 0.473. The van der Waals surface area contributed by atoms with Crippen LogP contribution < -0.4 is 0 Å². The maximum atomic E-state index is 5.08. The van der Waals surface area contributed by atoms with Gasteiger partial charge in [0.2, 0.25) is 11.8 Å². The molecule has 1 aromatic heterocycles. The van der Waals surface area contributed by atoms with E-state index in [9.17, 15) is 0 Å². The van der Waals surface area contributed by atoms with Gasteiger partial charge in [-0.2, -0.15) is 0 Å². The third-order valence-corrected chi connectivity index (χ3v) is 1.27. The number of aromatic nitrogens is 2. The molecule has 0 saturated carbocycles. The lowest BCUT2D eigenvalue weighted by Gasteiger charge is -1.90. The van der Waals surface area contributed by atoms with E-state index < -0.39 is 0 Å². The van der Waals surface area contributed by atoms with Gasteiger partial charge in [-0.05, 0) is 6.92 Å². The summed E-state index contributed by atoms with van der Waals surface area (Å²) in [5, 5.41) is 7.44. The average molecular weight is 191 g/mol. The van der Waals surface area contributed by atoms with Crippen LogP contribution in [0.4, 0.5) is 0 Å². The zero-order valence-corrected chi connectivity index (χ0v) is 6.84. The number of aryl methyl sites for hydroxylation is 1. The van der Waals surface area contributed by atoms with Crippen LogP contribution in [0, 0.1) is 6.92 Å². The van der Waals surface area contributed by atoms with Gasteiger partial charge in [-0.25, -0.2) is 0 Å². The van der Waals surface area contributed by atoms with E-state index in [4.69, 9.17) is 4.42 Å². The molecule has 3 nitrogen and oxygen atoms in total. The molecule has 0 aliphatic rings. The number of hydrogen-bond acceptors (Lipinski definition) is 3. The van der Waals surface area contributed by atoms with Crippen molar-refractivity contribution >= 4 is 15.9 Å². The van der Waals surface area contributed by atoms with E-state index in [-0.39, 0.29) is 4.83 Å². The predicted molar refractivity (Wildman–Crippen MR) is 36.4 cm³/mol. The van der Waals surface area contributed by atoms with Crippen molar-refractivity contribution in [3.8, 4) is 0 Å². The molecular weight excluding hydrogens is 184 g/mol. The first-order valence-electron chi connectivity index (χ1n) is 2.64. The van der Waals surface area contributed by atoms with E-state index in [1.807, 2.05) is 6.92 Å². The van der Waals surface area contributed by atoms with Crippen LogP contribution in [0.25, 0.3) is 0 Å². The van der Waals surface area contributed by atoms with Gasteiger partial charge in [0, 0.05) is 6.92 Å². The third-order valence-electron chi connectivity index (χ3n) is 0.882. The summed E-state index contributed by atoms with van der Waals surface area (Å²) in [6.45, 7) is 3.71. The Hall–Kier alpha value is -0.380. The Labute approximate surface area is 61.6 Å². The van der Waals surface area contributed by atoms with Gasteiger partial charge in [0.05, 0.1) is 4.83 Å². The summed E-state index contributed by atoms with van der Waals surface area (Å²) in [7, 11) is 0. The van der Waals surface area contributed by atoms with Crippen LogP contribution in [0.5, 0.6) is 0 Å². The van der Waals surface area contributed by atoms with Crippen LogP contribution in [0.1, 0.15) is 23.5 Å². The van der Waals surface area contributed by atoms with E-state index in [0.29, 0.717) is 11.8 Å². The highest BCUT2D eigenvalue weighted by atomic mass is 79.9. The molecule has 0 bridgehead atoms. The fraction of sp³-hybridized carbons (Fsp3) is 0.600. The largest absolute Gasteiger partial charge is 0.424 e. The SMILES string of the molecule is Cc1nnc([C@@H](C)Br)o1. The molecule has 9 heavy (non-hydrogen) atoms. The maximum Gasteiger partial charge on any atom is 0.229 e. The topological polar surface area (TPSA) is 38.9 Å². The zero-order valence-electron chi connectivity index (χ0n) is 5.26. The first-order valence-corrected chi connectivity index (χ1v) is 3.56. The van der Waals surface area contributed by atoms with Crippen LogP contribution >= 0.6 is 15.9 Å². The molecule has 4 heteroatoms. The van der Waals surface area contributed by atoms with Crippen LogP contribution in [0.3, 0.4) is 0 Å². The minimum atomic E-state index is 0.152. The molecule has 1 atom stereocenters. The van der Waals surface area contributed by atoms with E-state index in [1.165, 1.54) is 0 Å². The van der Waals surface area contributed by atoms with Crippen LogP contribution in [0.15, 0.2) is 4.42 Å². The van der Waals surface area contributed by atoms with Crippen molar-refractivity contribution in [2.24, 2.45) is 0 Å². The number of nitrogens with zero attached hydrogens (tertiary/aromatic N) is 2. The van der Waals surface area contributed by atoms with Crippen molar-refractivity contribution in [2.75, 3.05) is 0 Å². The first-order chi connectivity index (χ1) is 4.20. The molecule has 0 spiro atoms. The van der Waals surface area contributed by atoms with Crippen LogP contribution in [-0.4, -0.2) is 10.2 Å². The molecule has 0 aliphatic carbocycles. The summed E-state index contributed by atoms with van der Waals surface area (Å²) in [6.07, 6.45) is 0. The molecule has 0 unspecified atom stereocenters. The second-order valence-electron chi connectivity index (χ2n) is 1.78. The number of hydrogen-bond donors (Lipinski definition) is 0. The van der Waals surface area contributed by atoms with Gasteiger partial charge in [-0.1, -0.05) is 15.9 Å².